The van der Waals surface area contributed by atoms with E-state index in [1.54, 1.807) is 0 Å². The van der Waals surface area contributed by atoms with Gasteiger partial charge < -0.3 is 5.73 Å². The van der Waals surface area contributed by atoms with E-state index >= 15 is 0 Å². The normalized spacial score (nSPS) is 18.7. The lowest BCUT2D eigenvalue weighted by Crippen LogP contribution is -2.12. The number of hydrogen-bond acceptors (Lipinski definition) is 1. The van der Waals surface area contributed by atoms with E-state index in [1.165, 1.54) is 18.4 Å². The fourth-order valence-electron chi connectivity index (χ4n) is 1.50. The minimum absolute atomic E-state index is 0.216. The lowest BCUT2D eigenvalue weighted by Gasteiger charge is -2.11. The topological polar surface area (TPSA) is 26.0 Å². The smallest absolute Gasteiger partial charge is 0.0324 e. The van der Waals surface area contributed by atoms with Gasteiger partial charge in [-0.25, -0.2) is 0 Å². The molecule has 0 amide bonds. The second-order valence-corrected chi connectivity index (χ2v) is 5.40. The molecule has 1 fully saturated rings. The maximum Gasteiger partial charge on any atom is 0.0324 e. The quantitative estimate of drug-likeness (QED) is 0.887. The Balaban J connectivity index is 2.27. The van der Waals surface area contributed by atoms with Crippen molar-refractivity contribution in [3.63, 3.8) is 0 Å². The molecule has 1 aliphatic carbocycles. The van der Waals surface area contributed by atoms with E-state index in [2.05, 4.69) is 44.0 Å². The van der Waals surface area contributed by atoms with Crippen LogP contribution in [0.1, 0.15) is 24.4 Å². The molecular weight excluding hydrogens is 294 g/mol. The molecule has 2 N–H and O–H groups in total. The van der Waals surface area contributed by atoms with Crippen molar-refractivity contribution in [3.05, 3.63) is 32.7 Å². The van der Waals surface area contributed by atoms with Crippen LogP contribution in [-0.2, 0) is 0 Å². The minimum Gasteiger partial charge on any atom is -0.324 e. The molecule has 0 aliphatic heterocycles. The maximum absolute atomic E-state index is 6.10. The Bertz CT molecular complexity index is 300. The largest absolute Gasteiger partial charge is 0.324 e. The van der Waals surface area contributed by atoms with Crippen molar-refractivity contribution in [1.29, 1.82) is 0 Å². The molecule has 0 aromatic heterocycles. The second-order valence-electron chi connectivity index (χ2n) is 3.57. The Labute approximate surface area is 95.0 Å². The van der Waals surface area contributed by atoms with Crippen LogP contribution < -0.4 is 5.73 Å². The fourth-order valence-corrected chi connectivity index (χ4v) is 2.82. The first-order valence-corrected chi connectivity index (χ1v) is 5.97. The van der Waals surface area contributed by atoms with Gasteiger partial charge in [-0.2, -0.15) is 0 Å². The summed E-state index contributed by atoms with van der Waals surface area (Å²) in [6.07, 6.45) is 2.57. The van der Waals surface area contributed by atoms with Crippen LogP contribution >= 0.6 is 31.9 Å². The van der Waals surface area contributed by atoms with E-state index in [1.807, 2.05) is 6.07 Å². The average Bonchev–Trinajstić information content (AvgIpc) is 2.83. The lowest BCUT2D eigenvalue weighted by atomic mass is 10.0. The molecule has 0 spiro atoms. The molecule has 0 bridgehead atoms. The van der Waals surface area contributed by atoms with Gasteiger partial charge in [0.2, 0.25) is 0 Å². The third kappa shape index (κ3) is 2.33. The predicted molar refractivity (Wildman–Crippen MR) is 61.5 cm³/mol. The van der Waals surface area contributed by atoms with Gasteiger partial charge in [-0.15, -0.1) is 0 Å². The fraction of sp³-hybridized carbons (Fsp3) is 0.400. The summed E-state index contributed by atoms with van der Waals surface area (Å²) in [5.74, 6) is 0.709. The first-order chi connectivity index (χ1) is 6.16. The SMILES string of the molecule is NC(c1cc(Br)cc(Br)c1)C1CC1. The average molecular weight is 305 g/mol. The number of nitrogens with two attached hydrogens (primary N) is 1. The van der Waals surface area contributed by atoms with Crippen molar-refractivity contribution < 1.29 is 0 Å². The number of hydrogen-bond donors (Lipinski definition) is 1. The third-order valence-corrected chi connectivity index (χ3v) is 3.32. The molecule has 1 aromatic rings. The molecule has 0 radical (unpaired) electrons. The first-order valence-electron chi connectivity index (χ1n) is 4.38. The number of halogens is 2. The van der Waals surface area contributed by atoms with Gasteiger partial charge in [0.1, 0.15) is 0 Å². The van der Waals surface area contributed by atoms with Gasteiger partial charge in [-0.05, 0) is 42.5 Å². The van der Waals surface area contributed by atoms with Crippen LogP contribution in [0.2, 0.25) is 0 Å². The molecule has 1 saturated carbocycles. The van der Waals surface area contributed by atoms with Crippen molar-refractivity contribution in [3.8, 4) is 0 Å². The zero-order chi connectivity index (χ0) is 9.42. The Morgan fingerprint density at radius 3 is 2.15 bits per heavy atom. The molecule has 3 heteroatoms. The highest BCUT2D eigenvalue weighted by molar-refractivity contribution is 9.11. The zero-order valence-corrected chi connectivity index (χ0v) is 10.3. The van der Waals surface area contributed by atoms with E-state index < -0.39 is 0 Å². The summed E-state index contributed by atoms with van der Waals surface area (Å²) in [5, 5.41) is 0. The van der Waals surface area contributed by atoms with Crippen LogP contribution in [0, 0.1) is 5.92 Å². The van der Waals surface area contributed by atoms with Gasteiger partial charge in [0.15, 0.2) is 0 Å². The van der Waals surface area contributed by atoms with E-state index in [4.69, 9.17) is 5.73 Å². The Kier molecular flexibility index (Phi) is 2.77. The molecule has 70 valence electrons. The summed E-state index contributed by atoms with van der Waals surface area (Å²) in [6.45, 7) is 0. The molecule has 1 nitrogen and oxygen atoms in total. The molecule has 1 aromatic carbocycles. The Morgan fingerprint density at radius 1 is 1.15 bits per heavy atom. The highest BCUT2D eigenvalue weighted by atomic mass is 79.9. The van der Waals surface area contributed by atoms with Crippen molar-refractivity contribution in [2.45, 2.75) is 18.9 Å². The van der Waals surface area contributed by atoms with Crippen molar-refractivity contribution in [2.75, 3.05) is 0 Å². The third-order valence-electron chi connectivity index (χ3n) is 2.40. The van der Waals surface area contributed by atoms with Crippen LogP contribution in [0.3, 0.4) is 0 Å². The van der Waals surface area contributed by atoms with Gasteiger partial charge in [0.05, 0.1) is 0 Å². The van der Waals surface area contributed by atoms with Crippen LogP contribution in [0.15, 0.2) is 27.1 Å². The standard InChI is InChI=1S/C10H11Br2N/c11-8-3-7(4-9(12)5-8)10(13)6-1-2-6/h3-6,10H,1-2,13H2. The van der Waals surface area contributed by atoms with Crippen LogP contribution in [0.25, 0.3) is 0 Å². The summed E-state index contributed by atoms with van der Waals surface area (Å²) in [6, 6.07) is 6.46. The molecular formula is C10H11Br2N. The van der Waals surface area contributed by atoms with Crippen molar-refractivity contribution >= 4 is 31.9 Å². The predicted octanol–water partition coefficient (Wildman–Crippen LogP) is 3.62. The van der Waals surface area contributed by atoms with Gasteiger partial charge in [0, 0.05) is 15.0 Å². The van der Waals surface area contributed by atoms with Gasteiger partial charge in [-0.3, -0.25) is 0 Å². The van der Waals surface area contributed by atoms with Crippen LogP contribution in [0.4, 0.5) is 0 Å². The number of benzene rings is 1. The zero-order valence-electron chi connectivity index (χ0n) is 7.13. The molecule has 1 unspecified atom stereocenters. The molecule has 0 saturated heterocycles. The first kappa shape index (κ1) is 9.69. The molecule has 13 heavy (non-hydrogen) atoms. The molecule has 1 aliphatic rings. The summed E-state index contributed by atoms with van der Waals surface area (Å²) in [7, 11) is 0. The lowest BCUT2D eigenvalue weighted by molar-refractivity contribution is 0.633. The van der Waals surface area contributed by atoms with Gasteiger partial charge in [-0.1, -0.05) is 31.9 Å². The highest BCUT2D eigenvalue weighted by Gasteiger charge is 2.29. The van der Waals surface area contributed by atoms with Gasteiger partial charge in [0.25, 0.3) is 0 Å². The Hall–Kier alpha value is 0.140. The second kappa shape index (κ2) is 3.71. The van der Waals surface area contributed by atoms with Crippen molar-refractivity contribution in [1.82, 2.24) is 0 Å². The highest BCUT2D eigenvalue weighted by Crippen LogP contribution is 2.40. The summed E-state index contributed by atoms with van der Waals surface area (Å²) < 4.78 is 2.18. The summed E-state index contributed by atoms with van der Waals surface area (Å²) in [5.41, 5.74) is 7.32. The summed E-state index contributed by atoms with van der Waals surface area (Å²) in [4.78, 5) is 0. The number of rotatable bonds is 2. The summed E-state index contributed by atoms with van der Waals surface area (Å²) >= 11 is 6.93. The van der Waals surface area contributed by atoms with E-state index in [-0.39, 0.29) is 6.04 Å². The van der Waals surface area contributed by atoms with Gasteiger partial charge >= 0.3 is 0 Å². The maximum atomic E-state index is 6.10. The monoisotopic (exact) mass is 303 g/mol. The molecule has 2 rings (SSSR count). The van der Waals surface area contributed by atoms with E-state index in [0.29, 0.717) is 5.92 Å². The van der Waals surface area contributed by atoms with Crippen LogP contribution in [0.5, 0.6) is 0 Å². The minimum atomic E-state index is 0.216. The van der Waals surface area contributed by atoms with E-state index in [0.717, 1.165) is 8.95 Å². The van der Waals surface area contributed by atoms with E-state index in [9.17, 15) is 0 Å². The van der Waals surface area contributed by atoms with Crippen molar-refractivity contribution in [2.24, 2.45) is 11.7 Å². The molecule has 1 atom stereocenters. The molecule has 0 heterocycles. The van der Waals surface area contributed by atoms with Crippen LogP contribution in [-0.4, -0.2) is 0 Å². The Morgan fingerprint density at radius 2 is 1.69 bits per heavy atom.